The molecule has 1 aromatic carbocycles. The Balaban J connectivity index is 1.87. The number of hydrogen-bond acceptors (Lipinski definition) is 4. The average Bonchev–Trinajstić information content (AvgIpc) is 2.55. The number of rotatable bonds is 6. The van der Waals surface area contributed by atoms with Crippen molar-refractivity contribution in [3.63, 3.8) is 0 Å². The summed E-state index contributed by atoms with van der Waals surface area (Å²) in [6.45, 7) is 2.88. The van der Waals surface area contributed by atoms with Crippen LogP contribution in [0.2, 0.25) is 0 Å². The first-order valence-corrected chi connectivity index (χ1v) is 7.45. The van der Waals surface area contributed by atoms with Gasteiger partial charge in [-0.3, -0.25) is 4.79 Å². The van der Waals surface area contributed by atoms with Gasteiger partial charge in [0.2, 0.25) is 0 Å². The van der Waals surface area contributed by atoms with Crippen molar-refractivity contribution in [2.24, 2.45) is 5.92 Å². The lowest BCUT2D eigenvalue weighted by Crippen LogP contribution is -2.33. The van der Waals surface area contributed by atoms with E-state index >= 15 is 0 Å². The molecule has 1 atom stereocenters. The predicted octanol–water partition coefficient (Wildman–Crippen LogP) is 1.82. The fourth-order valence-corrected chi connectivity index (χ4v) is 2.60. The topological polar surface area (TPSA) is 59.6 Å². The van der Waals surface area contributed by atoms with E-state index in [-0.39, 0.29) is 5.91 Å². The highest BCUT2D eigenvalue weighted by atomic mass is 16.5. The number of benzene rings is 1. The van der Waals surface area contributed by atoms with Crippen LogP contribution in [-0.2, 0) is 0 Å². The molecular weight excluding hydrogens is 268 g/mol. The molecule has 0 spiro atoms. The van der Waals surface area contributed by atoms with E-state index in [1.807, 2.05) is 0 Å². The van der Waals surface area contributed by atoms with Gasteiger partial charge in [-0.1, -0.05) is 0 Å². The summed E-state index contributed by atoms with van der Waals surface area (Å²) in [5.74, 6) is 1.82. The number of ether oxygens (including phenoxy) is 2. The Hall–Kier alpha value is -1.75. The zero-order valence-corrected chi connectivity index (χ0v) is 12.8. The van der Waals surface area contributed by atoms with Crippen molar-refractivity contribution < 1.29 is 14.3 Å². The maximum absolute atomic E-state index is 12.2. The van der Waals surface area contributed by atoms with E-state index in [9.17, 15) is 4.79 Å². The van der Waals surface area contributed by atoms with E-state index in [1.165, 1.54) is 12.8 Å². The molecule has 5 nitrogen and oxygen atoms in total. The third kappa shape index (κ3) is 4.63. The highest BCUT2D eigenvalue weighted by Gasteiger charge is 2.14. The Labute approximate surface area is 126 Å². The zero-order valence-electron chi connectivity index (χ0n) is 12.8. The lowest BCUT2D eigenvalue weighted by atomic mass is 9.96. The normalized spacial score (nSPS) is 18.1. The van der Waals surface area contributed by atoms with Gasteiger partial charge in [0, 0.05) is 18.2 Å². The Morgan fingerprint density at radius 1 is 1.29 bits per heavy atom. The Kier molecular flexibility index (Phi) is 5.87. The first kappa shape index (κ1) is 15.6. The molecule has 116 valence electrons. The van der Waals surface area contributed by atoms with Crippen molar-refractivity contribution >= 4 is 5.91 Å². The molecule has 0 aromatic heterocycles. The van der Waals surface area contributed by atoms with Gasteiger partial charge in [-0.2, -0.15) is 0 Å². The highest BCUT2D eigenvalue weighted by Crippen LogP contribution is 2.22. The average molecular weight is 292 g/mol. The third-order valence-electron chi connectivity index (χ3n) is 3.85. The molecule has 2 rings (SSSR count). The zero-order chi connectivity index (χ0) is 15.1. The van der Waals surface area contributed by atoms with Crippen LogP contribution in [0, 0.1) is 5.92 Å². The fourth-order valence-electron chi connectivity index (χ4n) is 2.60. The summed E-state index contributed by atoms with van der Waals surface area (Å²) in [5, 5.41) is 6.36. The van der Waals surface area contributed by atoms with Gasteiger partial charge in [0.1, 0.15) is 11.5 Å². The summed E-state index contributed by atoms with van der Waals surface area (Å²) in [5.41, 5.74) is 0.563. The molecule has 1 aliphatic rings. The van der Waals surface area contributed by atoms with E-state index in [2.05, 4.69) is 10.6 Å². The lowest BCUT2D eigenvalue weighted by Gasteiger charge is -2.22. The van der Waals surface area contributed by atoms with Crippen molar-refractivity contribution in [2.75, 3.05) is 33.9 Å². The number of piperidine rings is 1. The second kappa shape index (κ2) is 7.88. The molecule has 0 saturated carbocycles. The lowest BCUT2D eigenvalue weighted by molar-refractivity contribution is 0.0950. The Morgan fingerprint density at radius 2 is 2.00 bits per heavy atom. The van der Waals surface area contributed by atoms with Crippen LogP contribution in [0.1, 0.15) is 29.6 Å². The largest absolute Gasteiger partial charge is 0.497 e. The molecule has 1 amide bonds. The van der Waals surface area contributed by atoms with Crippen LogP contribution in [0.25, 0.3) is 0 Å². The van der Waals surface area contributed by atoms with Gasteiger partial charge in [-0.05, 0) is 50.4 Å². The van der Waals surface area contributed by atoms with Crippen LogP contribution in [0.3, 0.4) is 0 Å². The molecule has 1 unspecified atom stereocenters. The maximum Gasteiger partial charge on any atom is 0.251 e. The predicted molar refractivity (Wildman–Crippen MR) is 82.1 cm³/mol. The van der Waals surface area contributed by atoms with E-state index < -0.39 is 0 Å². The molecule has 1 saturated heterocycles. The first-order chi connectivity index (χ1) is 10.2. The van der Waals surface area contributed by atoms with E-state index in [1.54, 1.807) is 32.4 Å². The minimum Gasteiger partial charge on any atom is -0.497 e. The van der Waals surface area contributed by atoms with Crippen molar-refractivity contribution in [1.29, 1.82) is 0 Å². The second-order valence-electron chi connectivity index (χ2n) is 5.36. The third-order valence-corrected chi connectivity index (χ3v) is 3.85. The summed E-state index contributed by atoms with van der Waals surface area (Å²) in [6.07, 6.45) is 3.49. The van der Waals surface area contributed by atoms with Gasteiger partial charge < -0.3 is 20.1 Å². The molecule has 5 heteroatoms. The van der Waals surface area contributed by atoms with Gasteiger partial charge in [0.05, 0.1) is 14.2 Å². The number of amides is 1. The molecular formula is C16H24N2O3. The van der Waals surface area contributed by atoms with Crippen LogP contribution >= 0.6 is 0 Å². The molecule has 0 bridgehead atoms. The van der Waals surface area contributed by atoms with E-state index in [4.69, 9.17) is 9.47 Å². The second-order valence-corrected chi connectivity index (χ2v) is 5.36. The van der Waals surface area contributed by atoms with Gasteiger partial charge >= 0.3 is 0 Å². The summed E-state index contributed by atoms with van der Waals surface area (Å²) in [4.78, 5) is 12.2. The number of methoxy groups -OCH3 is 2. The quantitative estimate of drug-likeness (QED) is 0.840. The molecule has 1 aromatic rings. The standard InChI is InChI=1S/C16H24N2O3/c1-20-14-8-13(9-15(10-14)21-2)16(19)18-7-5-12-4-3-6-17-11-12/h8-10,12,17H,3-7,11H2,1-2H3,(H,18,19). The van der Waals surface area contributed by atoms with Gasteiger partial charge in [-0.15, -0.1) is 0 Å². The molecule has 0 radical (unpaired) electrons. The highest BCUT2D eigenvalue weighted by molar-refractivity contribution is 5.95. The number of hydrogen-bond donors (Lipinski definition) is 2. The number of carbonyl (C=O) groups excluding carboxylic acids is 1. The number of carbonyl (C=O) groups is 1. The molecule has 21 heavy (non-hydrogen) atoms. The van der Waals surface area contributed by atoms with Crippen molar-refractivity contribution in [2.45, 2.75) is 19.3 Å². The minimum atomic E-state index is -0.0871. The van der Waals surface area contributed by atoms with Gasteiger partial charge in [0.15, 0.2) is 0 Å². The monoisotopic (exact) mass is 292 g/mol. The molecule has 1 heterocycles. The first-order valence-electron chi connectivity index (χ1n) is 7.45. The molecule has 0 aliphatic carbocycles. The summed E-state index contributed by atoms with van der Waals surface area (Å²) >= 11 is 0. The van der Waals surface area contributed by atoms with Crippen LogP contribution < -0.4 is 20.1 Å². The summed E-state index contributed by atoms with van der Waals surface area (Å²) < 4.78 is 10.4. The fraction of sp³-hybridized carbons (Fsp3) is 0.562. The number of nitrogens with one attached hydrogen (secondary N) is 2. The Morgan fingerprint density at radius 3 is 2.57 bits per heavy atom. The molecule has 2 N–H and O–H groups in total. The smallest absolute Gasteiger partial charge is 0.251 e. The molecule has 1 aliphatic heterocycles. The van der Waals surface area contributed by atoms with Crippen LogP contribution in [0.5, 0.6) is 11.5 Å². The summed E-state index contributed by atoms with van der Waals surface area (Å²) in [7, 11) is 3.15. The SMILES string of the molecule is COc1cc(OC)cc(C(=O)NCCC2CCCNC2)c1. The van der Waals surface area contributed by atoms with Gasteiger partial charge in [0.25, 0.3) is 5.91 Å². The van der Waals surface area contributed by atoms with Gasteiger partial charge in [-0.25, -0.2) is 0 Å². The van der Waals surface area contributed by atoms with Crippen molar-refractivity contribution in [1.82, 2.24) is 10.6 Å². The van der Waals surface area contributed by atoms with E-state index in [0.29, 0.717) is 29.5 Å². The Bertz CT molecular complexity index is 448. The molecule has 1 fully saturated rings. The van der Waals surface area contributed by atoms with Crippen LogP contribution in [-0.4, -0.2) is 39.8 Å². The van der Waals surface area contributed by atoms with Crippen molar-refractivity contribution in [3.05, 3.63) is 23.8 Å². The summed E-state index contributed by atoms with van der Waals surface area (Å²) in [6, 6.07) is 5.20. The minimum absolute atomic E-state index is 0.0871. The van der Waals surface area contributed by atoms with E-state index in [0.717, 1.165) is 19.5 Å². The van der Waals surface area contributed by atoms with Crippen molar-refractivity contribution in [3.8, 4) is 11.5 Å². The van der Waals surface area contributed by atoms with Crippen LogP contribution in [0.15, 0.2) is 18.2 Å². The van der Waals surface area contributed by atoms with Crippen LogP contribution in [0.4, 0.5) is 0 Å². The maximum atomic E-state index is 12.2.